The summed E-state index contributed by atoms with van der Waals surface area (Å²) >= 11 is 6.03. The number of nitriles is 1. The van der Waals surface area contributed by atoms with Crippen molar-refractivity contribution in [2.75, 3.05) is 13.2 Å². The highest BCUT2D eigenvalue weighted by Crippen LogP contribution is 2.31. The van der Waals surface area contributed by atoms with Gasteiger partial charge in [0.05, 0.1) is 0 Å². The van der Waals surface area contributed by atoms with Gasteiger partial charge in [0.2, 0.25) is 5.91 Å². The van der Waals surface area contributed by atoms with Gasteiger partial charge in [-0.15, -0.1) is 11.6 Å². The number of allylic oxidation sites excluding steroid dienone is 1. The van der Waals surface area contributed by atoms with Crippen LogP contribution in [0.15, 0.2) is 24.3 Å². The third kappa shape index (κ3) is 3.20. The molecular formula is C16H17ClN2O2. The van der Waals surface area contributed by atoms with Crippen molar-refractivity contribution in [1.82, 2.24) is 4.90 Å². The Morgan fingerprint density at radius 1 is 1.52 bits per heavy atom. The average Bonchev–Trinajstić information content (AvgIpc) is 2.48. The minimum atomic E-state index is -0.479. The molecule has 1 amide bonds. The van der Waals surface area contributed by atoms with Crippen molar-refractivity contribution in [2.24, 2.45) is 0 Å². The topological polar surface area (TPSA) is 53.3 Å². The van der Waals surface area contributed by atoms with Crippen molar-refractivity contribution in [1.29, 1.82) is 5.26 Å². The second kappa shape index (κ2) is 6.64. The second-order valence-electron chi connectivity index (χ2n) is 4.80. The predicted molar refractivity (Wildman–Crippen MR) is 81.9 cm³/mol. The summed E-state index contributed by atoms with van der Waals surface area (Å²) in [7, 11) is 0. The van der Waals surface area contributed by atoms with Crippen molar-refractivity contribution in [3.63, 3.8) is 0 Å². The number of ether oxygens (including phenoxy) is 1. The molecule has 1 aromatic carbocycles. The Morgan fingerprint density at radius 3 is 2.90 bits per heavy atom. The lowest BCUT2D eigenvalue weighted by molar-refractivity contribution is -0.127. The third-order valence-corrected chi connectivity index (χ3v) is 3.80. The Hall–Kier alpha value is -1.99. The largest absolute Gasteiger partial charge is 0.479 e. The number of benzene rings is 1. The summed E-state index contributed by atoms with van der Waals surface area (Å²) in [6.45, 7) is 4.50. The van der Waals surface area contributed by atoms with Crippen LogP contribution in [0.4, 0.5) is 0 Å². The predicted octanol–water partition coefficient (Wildman–Crippen LogP) is 3.10. The van der Waals surface area contributed by atoms with Crippen molar-refractivity contribution in [3.8, 4) is 11.8 Å². The van der Waals surface area contributed by atoms with Gasteiger partial charge in [0.1, 0.15) is 17.2 Å². The summed E-state index contributed by atoms with van der Waals surface area (Å²) < 4.78 is 5.29. The van der Waals surface area contributed by atoms with E-state index in [4.69, 9.17) is 21.6 Å². The van der Waals surface area contributed by atoms with E-state index in [-0.39, 0.29) is 12.5 Å². The zero-order valence-electron chi connectivity index (χ0n) is 12.1. The van der Waals surface area contributed by atoms with Gasteiger partial charge in [-0.3, -0.25) is 4.79 Å². The third-order valence-electron chi connectivity index (χ3n) is 3.44. The average molecular weight is 305 g/mol. The molecular weight excluding hydrogens is 288 g/mol. The van der Waals surface area contributed by atoms with Crippen LogP contribution in [0.2, 0.25) is 0 Å². The van der Waals surface area contributed by atoms with Gasteiger partial charge >= 0.3 is 0 Å². The lowest BCUT2D eigenvalue weighted by Crippen LogP contribution is -2.38. The molecule has 0 aromatic heterocycles. The number of hydrogen-bond donors (Lipinski definition) is 0. The number of carbonyl (C=O) groups is 1. The Kier molecular flexibility index (Phi) is 4.87. The van der Waals surface area contributed by atoms with Gasteiger partial charge in [-0.2, -0.15) is 5.26 Å². The van der Waals surface area contributed by atoms with Gasteiger partial charge < -0.3 is 9.64 Å². The quantitative estimate of drug-likeness (QED) is 0.803. The smallest absolute Gasteiger partial charge is 0.245 e. The molecule has 0 radical (unpaired) electrons. The second-order valence-corrected chi connectivity index (χ2v) is 5.33. The molecule has 4 nitrogen and oxygen atoms in total. The lowest BCUT2D eigenvalue weighted by atomic mass is 10.00. The summed E-state index contributed by atoms with van der Waals surface area (Å²) in [5.74, 6) is 0.597. The lowest BCUT2D eigenvalue weighted by Gasteiger charge is -2.31. The van der Waals surface area contributed by atoms with E-state index in [0.29, 0.717) is 18.7 Å². The van der Waals surface area contributed by atoms with E-state index in [0.717, 1.165) is 16.8 Å². The zero-order chi connectivity index (χ0) is 15.4. The molecule has 0 aliphatic carbocycles. The highest BCUT2D eigenvalue weighted by Gasteiger charge is 2.29. The van der Waals surface area contributed by atoms with Gasteiger partial charge in [0.25, 0.3) is 0 Å². The van der Waals surface area contributed by atoms with Crippen LogP contribution in [-0.2, 0) is 4.79 Å². The first-order chi connectivity index (χ1) is 10.1. The van der Waals surface area contributed by atoms with Crippen molar-refractivity contribution >= 4 is 23.2 Å². The highest BCUT2D eigenvalue weighted by atomic mass is 35.5. The summed E-state index contributed by atoms with van der Waals surface area (Å²) in [6.07, 6.45) is 2.54. The standard InChI is InChI=1S/C16H17ClN2O2/c1-3-19-15(7-6-14(17)16(19)20)13-5-4-12(10-11(13)2)21-9-8-18/h4-5,7,10,14H,3,6,9H2,1-2H3. The Bertz CT molecular complexity index is 619. The molecule has 1 heterocycles. The van der Waals surface area contributed by atoms with E-state index >= 15 is 0 Å². The van der Waals surface area contributed by atoms with E-state index < -0.39 is 5.38 Å². The van der Waals surface area contributed by atoms with Crippen molar-refractivity contribution in [3.05, 3.63) is 35.4 Å². The maximum Gasteiger partial charge on any atom is 0.245 e. The van der Waals surface area contributed by atoms with E-state index in [1.165, 1.54) is 0 Å². The summed E-state index contributed by atoms with van der Waals surface area (Å²) in [4.78, 5) is 13.9. The molecule has 2 rings (SSSR count). The number of amides is 1. The van der Waals surface area contributed by atoms with E-state index in [1.807, 2.05) is 44.2 Å². The Balaban J connectivity index is 2.33. The first-order valence-electron chi connectivity index (χ1n) is 6.84. The zero-order valence-corrected chi connectivity index (χ0v) is 12.9. The minimum absolute atomic E-state index is 0.0228. The van der Waals surface area contributed by atoms with Crippen LogP contribution in [0.5, 0.6) is 5.75 Å². The van der Waals surface area contributed by atoms with E-state index in [2.05, 4.69) is 0 Å². The molecule has 1 aliphatic heterocycles. The summed E-state index contributed by atoms with van der Waals surface area (Å²) in [5, 5.41) is 8.06. The normalized spacial score (nSPS) is 18.2. The van der Waals surface area contributed by atoms with Gasteiger partial charge in [-0.1, -0.05) is 6.08 Å². The van der Waals surface area contributed by atoms with Crippen LogP contribution in [0, 0.1) is 18.3 Å². The number of nitrogens with zero attached hydrogens (tertiary/aromatic N) is 2. The van der Waals surface area contributed by atoms with Crippen LogP contribution in [-0.4, -0.2) is 29.3 Å². The Morgan fingerprint density at radius 2 is 2.29 bits per heavy atom. The number of rotatable bonds is 4. The van der Waals surface area contributed by atoms with Gasteiger partial charge in [-0.25, -0.2) is 0 Å². The molecule has 1 aliphatic rings. The molecule has 1 unspecified atom stereocenters. The molecule has 110 valence electrons. The van der Waals surface area contributed by atoms with Crippen LogP contribution in [0.25, 0.3) is 5.70 Å². The highest BCUT2D eigenvalue weighted by molar-refractivity contribution is 6.31. The van der Waals surface area contributed by atoms with Gasteiger partial charge in [0, 0.05) is 17.8 Å². The number of hydrogen-bond acceptors (Lipinski definition) is 3. The fraction of sp³-hybridized carbons (Fsp3) is 0.375. The van der Waals surface area contributed by atoms with Gasteiger partial charge in [0.15, 0.2) is 6.61 Å². The summed E-state index contributed by atoms with van der Waals surface area (Å²) in [6, 6.07) is 7.54. The van der Waals surface area contributed by atoms with E-state index in [9.17, 15) is 4.79 Å². The molecule has 5 heteroatoms. The fourth-order valence-electron chi connectivity index (χ4n) is 2.42. The van der Waals surface area contributed by atoms with Crippen LogP contribution in [0.1, 0.15) is 24.5 Å². The number of aryl methyl sites for hydroxylation is 1. The molecule has 1 aromatic rings. The number of carbonyl (C=O) groups excluding carboxylic acids is 1. The first-order valence-corrected chi connectivity index (χ1v) is 7.28. The molecule has 0 saturated heterocycles. The Labute approximate surface area is 129 Å². The van der Waals surface area contributed by atoms with E-state index in [1.54, 1.807) is 4.90 Å². The first kappa shape index (κ1) is 15.4. The molecule has 0 bridgehead atoms. The molecule has 21 heavy (non-hydrogen) atoms. The number of halogens is 1. The molecule has 0 fully saturated rings. The molecule has 0 saturated carbocycles. The molecule has 1 atom stereocenters. The fourth-order valence-corrected chi connectivity index (χ4v) is 2.63. The molecule has 0 spiro atoms. The van der Waals surface area contributed by atoms with Crippen molar-refractivity contribution < 1.29 is 9.53 Å². The van der Waals surface area contributed by atoms with Crippen LogP contribution < -0.4 is 4.74 Å². The monoisotopic (exact) mass is 304 g/mol. The maximum absolute atomic E-state index is 12.2. The maximum atomic E-state index is 12.2. The molecule has 0 N–H and O–H groups in total. The van der Waals surface area contributed by atoms with Crippen LogP contribution in [0.3, 0.4) is 0 Å². The number of alkyl halides is 1. The SMILES string of the molecule is CCN1C(=O)C(Cl)CC=C1c1ccc(OCC#N)cc1C. The van der Waals surface area contributed by atoms with Crippen molar-refractivity contribution in [2.45, 2.75) is 25.6 Å². The van der Waals surface area contributed by atoms with Crippen LogP contribution >= 0.6 is 11.6 Å². The minimum Gasteiger partial charge on any atom is -0.479 e. The van der Waals surface area contributed by atoms with Gasteiger partial charge in [-0.05, 0) is 44.0 Å². The summed E-state index contributed by atoms with van der Waals surface area (Å²) in [5.41, 5.74) is 2.87.